The summed E-state index contributed by atoms with van der Waals surface area (Å²) in [5.74, 6) is -4.38. The standard InChI is InChI=1S/C23H21FN7O7P.C9H18O2/c24-17-12-25-21(31-7-6-26-27-31)19-18(17)16(13-30(19)14-38-39(35,36)37)20(32)23(34)29-10-8-28(9-11-29)22(33)15-4-2-1-3-5-15;1-3-4-5-6-7-8(2)9(10)11/h1-7,12-13H,8-11,14H2,(H2,35,36,37);8H,3-7H2,1-2H3,(H,10,11)/p-2/t;8-/m.0/s1. The fourth-order valence-corrected chi connectivity index (χ4v) is 5.58. The lowest BCUT2D eigenvalue weighted by Crippen LogP contribution is -2.52. The van der Waals surface area contributed by atoms with Gasteiger partial charge < -0.3 is 34.1 Å². The topological polar surface area (TPSA) is 216 Å². The molecule has 0 bridgehead atoms. The van der Waals surface area contributed by atoms with Gasteiger partial charge in [0.15, 0.2) is 11.6 Å². The molecule has 1 aliphatic rings. The van der Waals surface area contributed by atoms with Crippen LogP contribution in [-0.4, -0.2) is 89.0 Å². The number of carbonyl (C=O) groups excluding carboxylic acids is 4. The number of benzene rings is 1. The second kappa shape index (κ2) is 17.2. The Morgan fingerprint density at radius 2 is 1.74 bits per heavy atom. The number of phosphoric ester groups is 1. The van der Waals surface area contributed by atoms with E-state index in [4.69, 9.17) is 4.89 Å². The number of halogens is 1. The first kappa shape index (κ1) is 38.0. The number of carboxylic acid groups (broad SMARTS) is 1. The normalized spacial score (nSPS) is 14.8. The Labute approximate surface area is 286 Å². The number of carboxylic acids is 1. The number of Topliss-reactive ketones (excluding diaryl/α,β-unsaturated/α-hetero) is 1. The highest BCUT2D eigenvalue weighted by Gasteiger charge is 2.32. The van der Waals surface area contributed by atoms with Crippen LogP contribution in [0, 0.1) is 11.7 Å². The molecule has 0 aliphatic carbocycles. The number of carbonyl (C=O) groups is 4. The molecular formula is C32H37FN7O9P-2. The largest absolute Gasteiger partial charge is 0.756 e. The first-order valence-corrected chi connectivity index (χ1v) is 17.4. The Balaban J connectivity index is 0.000000442. The molecule has 2 atom stereocenters. The zero-order valence-corrected chi connectivity index (χ0v) is 28.4. The van der Waals surface area contributed by atoms with E-state index < -0.39 is 38.0 Å². The Bertz CT molecular complexity index is 1840. The molecule has 1 N–H and O–H groups in total. The SMILES string of the molecule is CCCCCC[C@H](C)C(=O)[O-].O=C(C(=O)N1CCN(C(=O)c2ccccc2)CC1)c1cn(COP(=O)([O-])O)c2c(-n3ccnn3)ncc(F)c12. The van der Waals surface area contributed by atoms with Gasteiger partial charge in [-0.2, -0.15) is 0 Å². The summed E-state index contributed by atoms with van der Waals surface area (Å²) in [5, 5.41) is 17.4. The summed E-state index contributed by atoms with van der Waals surface area (Å²) in [6, 6.07) is 8.64. The molecule has 2 amide bonds. The van der Waals surface area contributed by atoms with E-state index >= 15 is 4.39 Å². The second-order valence-electron chi connectivity index (χ2n) is 11.6. The minimum Gasteiger partial charge on any atom is -0.756 e. The van der Waals surface area contributed by atoms with Gasteiger partial charge in [0.25, 0.3) is 25.4 Å². The maximum absolute atomic E-state index is 15.1. The number of unbranched alkanes of at least 4 members (excludes halogenated alkanes) is 3. The fraction of sp³-hybridized carbons (Fsp3) is 0.406. The number of amides is 2. The van der Waals surface area contributed by atoms with Crippen LogP contribution >= 0.6 is 7.82 Å². The van der Waals surface area contributed by atoms with Gasteiger partial charge >= 0.3 is 0 Å². The third-order valence-corrected chi connectivity index (χ3v) is 8.48. The van der Waals surface area contributed by atoms with Crippen molar-refractivity contribution in [1.82, 2.24) is 34.3 Å². The van der Waals surface area contributed by atoms with Crippen molar-refractivity contribution in [2.75, 3.05) is 26.2 Å². The first-order valence-electron chi connectivity index (χ1n) is 15.9. The third-order valence-electron chi connectivity index (χ3n) is 8.04. The van der Waals surface area contributed by atoms with Crippen molar-refractivity contribution >= 4 is 42.3 Å². The minimum absolute atomic E-state index is 0.0364. The molecule has 16 nitrogen and oxygen atoms in total. The summed E-state index contributed by atoms with van der Waals surface area (Å²) in [7, 11) is -5.20. The molecule has 18 heteroatoms. The van der Waals surface area contributed by atoms with Gasteiger partial charge in [-0.3, -0.25) is 23.5 Å². The number of phosphoric acid groups is 1. The fourth-order valence-electron chi connectivity index (χ4n) is 5.31. The van der Waals surface area contributed by atoms with Crippen molar-refractivity contribution in [3.8, 4) is 5.82 Å². The highest BCUT2D eigenvalue weighted by Crippen LogP contribution is 2.34. The van der Waals surface area contributed by atoms with Gasteiger partial charge in [0.05, 0.1) is 35.1 Å². The predicted octanol–water partition coefficient (Wildman–Crippen LogP) is 1.70. The van der Waals surface area contributed by atoms with Crippen molar-refractivity contribution in [3.63, 3.8) is 0 Å². The Hall–Kier alpha value is -4.83. The van der Waals surface area contributed by atoms with Gasteiger partial charge in [-0.25, -0.2) is 14.1 Å². The second-order valence-corrected chi connectivity index (χ2v) is 12.8. The molecular weight excluding hydrogens is 676 g/mol. The number of rotatable bonds is 13. The minimum atomic E-state index is -5.20. The lowest BCUT2D eigenvalue weighted by Gasteiger charge is -2.34. The van der Waals surface area contributed by atoms with Gasteiger partial charge in [-0.05, 0) is 24.5 Å². The van der Waals surface area contributed by atoms with Crippen molar-refractivity contribution in [3.05, 3.63) is 72.1 Å². The molecule has 268 valence electrons. The van der Waals surface area contributed by atoms with E-state index in [1.807, 2.05) is 0 Å². The summed E-state index contributed by atoms with van der Waals surface area (Å²) in [6.45, 7) is 3.52. The van der Waals surface area contributed by atoms with E-state index in [1.165, 1.54) is 30.1 Å². The molecule has 1 unspecified atom stereocenters. The van der Waals surface area contributed by atoms with Crippen molar-refractivity contribution < 1.29 is 47.6 Å². The van der Waals surface area contributed by atoms with Crippen LogP contribution in [0.4, 0.5) is 4.39 Å². The molecule has 4 heterocycles. The van der Waals surface area contributed by atoms with Gasteiger partial charge in [0.2, 0.25) is 0 Å². The number of aromatic nitrogens is 5. The van der Waals surface area contributed by atoms with E-state index in [9.17, 15) is 33.7 Å². The van der Waals surface area contributed by atoms with Crippen molar-refractivity contribution in [2.45, 2.75) is 52.7 Å². The van der Waals surface area contributed by atoms with Crippen LogP contribution in [0.1, 0.15) is 66.7 Å². The summed E-state index contributed by atoms with van der Waals surface area (Å²) in [5.41, 5.74) is 0.00543. The number of hydrogen-bond acceptors (Lipinski definition) is 11. The van der Waals surface area contributed by atoms with Crippen LogP contribution in [-0.2, 0) is 25.4 Å². The van der Waals surface area contributed by atoms with E-state index in [1.54, 1.807) is 42.2 Å². The number of piperazine rings is 1. The third kappa shape index (κ3) is 9.65. The van der Waals surface area contributed by atoms with Crippen LogP contribution < -0.4 is 10.00 Å². The highest BCUT2D eigenvalue weighted by atomic mass is 31.2. The monoisotopic (exact) mass is 713 g/mol. The molecule has 1 aromatic carbocycles. The number of hydrogen-bond donors (Lipinski definition) is 1. The van der Waals surface area contributed by atoms with Crippen molar-refractivity contribution in [2.24, 2.45) is 5.92 Å². The van der Waals surface area contributed by atoms with E-state index in [-0.39, 0.29) is 60.3 Å². The molecule has 1 saturated heterocycles. The molecule has 0 radical (unpaired) electrons. The predicted molar refractivity (Wildman–Crippen MR) is 172 cm³/mol. The van der Waals surface area contributed by atoms with E-state index in [0.717, 1.165) is 40.9 Å². The van der Waals surface area contributed by atoms with Gasteiger partial charge in [0, 0.05) is 43.9 Å². The van der Waals surface area contributed by atoms with Crippen LogP contribution in [0.25, 0.3) is 16.7 Å². The number of nitrogens with zero attached hydrogens (tertiary/aromatic N) is 7. The summed E-state index contributed by atoms with van der Waals surface area (Å²) < 4.78 is 32.9. The first-order chi connectivity index (χ1) is 23.8. The number of pyridine rings is 1. The molecule has 4 aromatic rings. The molecule has 5 rings (SSSR count). The summed E-state index contributed by atoms with van der Waals surface area (Å²) >= 11 is 0. The van der Waals surface area contributed by atoms with Crippen LogP contribution in [0.3, 0.4) is 0 Å². The maximum Gasteiger partial charge on any atom is 0.295 e. The lowest BCUT2D eigenvalue weighted by atomic mass is 10.0. The maximum atomic E-state index is 15.1. The van der Waals surface area contributed by atoms with Gasteiger partial charge in [0.1, 0.15) is 6.73 Å². The summed E-state index contributed by atoms with van der Waals surface area (Å²) in [4.78, 5) is 76.5. The number of aliphatic carboxylic acids is 1. The molecule has 50 heavy (non-hydrogen) atoms. The summed E-state index contributed by atoms with van der Waals surface area (Å²) in [6.07, 6.45) is 9.90. The Morgan fingerprint density at radius 1 is 1.06 bits per heavy atom. The van der Waals surface area contributed by atoms with Gasteiger partial charge in [-0.1, -0.05) is 62.9 Å². The lowest BCUT2D eigenvalue weighted by molar-refractivity contribution is -0.311. The number of fused-ring (bicyclic) bond motifs is 1. The molecule has 3 aromatic heterocycles. The highest BCUT2D eigenvalue weighted by molar-refractivity contribution is 7.44. The quantitative estimate of drug-likeness (QED) is 0.0907. The number of ketones is 1. The zero-order chi connectivity index (χ0) is 36.4. The molecule has 1 aliphatic heterocycles. The molecule has 0 saturated carbocycles. The molecule has 1 fully saturated rings. The van der Waals surface area contributed by atoms with Crippen LogP contribution in [0.2, 0.25) is 0 Å². The van der Waals surface area contributed by atoms with Crippen molar-refractivity contribution in [1.29, 1.82) is 0 Å². The van der Waals surface area contributed by atoms with Crippen LogP contribution in [0.15, 0.2) is 55.1 Å². The average Bonchev–Trinajstić information content (AvgIpc) is 3.78. The Kier molecular flexibility index (Phi) is 13.1. The molecule has 0 spiro atoms. The average molecular weight is 714 g/mol. The van der Waals surface area contributed by atoms with E-state index in [2.05, 4.69) is 26.7 Å². The van der Waals surface area contributed by atoms with Crippen LogP contribution in [0.5, 0.6) is 0 Å². The zero-order valence-electron chi connectivity index (χ0n) is 27.5. The smallest absolute Gasteiger partial charge is 0.295 e. The van der Waals surface area contributed by atoms with E-state index in [0.29, 0.717) is 5.56 Å². The Morgan fingerprint density at radius 3 is 2.34 bits per heavy atom. The van der Waals surface area contributed by atoms with Gasteiger partial charge in [-0.15, -0.1) is 5.10 Å².